The third-order valence-corrected chi connectivity index (χ3v) is 10.2. The molecule has 0 saturated carbocycles. The summed E-state index contributed by atoms with van der Waals surface area (Å²) in [5.41, 5.74) is 0. The highest BCUT2D eigenvalue weighted by Crippen LogP contribution is 2.38. The van der Waals surface area contributed by atoms with Gasteiger partial charge in [-0.3, -0.25) is 9.36 Å². The van der Waals surface area contributed by atoms with Crippen molar-refractivity contribution in [3.8, 4) is 0 Å². The molecule has 0 N–H and O–H groups in total. The largest absolute Gasteiger partial charge is 0.756 e. The van der Waals surface area contributed by atoms with Gasteiger partial charge in [-0.05, 0) is 70.6 Å². The van der Waals surface area contributed by atoms with Crippen molar-refractivity contribution < 1.29 is 37.3 Å². The van der Waals surface area contributed by atoms with Crippen LogP contribution in [-0.2, 0) is 27.9 Å². The fourth-order valence-electron chi connectivity index (χ4n) is 5.70. The molecular weight excluding hydrogens is 746 g/mol. The molecule has 0 radical (unpaired) electrons. The molecule has 0 aromatic carbocycles. The number of phosphoric acid groups is 1. The molecule has 0 aliphatic rings. The van der Waals surface area contributed by atoms with Crippen molar-refractivity contribution in [2.24, 2.45) is 0 Å². The molecule has 0 spiro atoms. The maximum absolute atomic E-state index is 12.7. The molecule has 0 saturated heterocycles. The van der Waals surface area contributed by atoms with Crippen LogP contribution in [0.4, 0.5) is 0 Å². The monoisotopic (exact) mass is 832 g/mol. The Labute approximate surface area is 356 Å². The van der Waals surface area contributed by atoms with E-state index in [1.54, 1.807) is 0 Å². The van der Waals surface area contributed by atoms with Crippen molar-refractivity contribution in [2.45, 2.75) is 168 Å². The van der Waals surface area contributed by atoms with Gasteiger partial charge in [0.1, 0.15) is 19.3 Å². The van der Waals surface area contributed by atoms with E-state index >= 15 is 0 Å². The van der Waals surface area contributed by atoms with Crippen molar-refractivity contribution >= 4 is 13.8 Å². The number of phosphoric ester groups is 1. The molecular formula is C49H86NO7P. The third kappa shape index (κ3) is 44.8. The summed E-state index contributed by atoms with van der Waals surface area (Å²) in [6, 6.07) is 0. The number of quaternary nitrogens is 1. The van der Waals surface area contributed by atoms with Crippen LogP contribution in [0.1, 0.15) is 162 Å². The van der Waals surface area contributed by atoms with E-state index in [-0.39, 0.29) is 25.8 Å². The predicted molar refractivity (Wildman–Crippen MR) is 245 cm³/mol. The van der Waals surface area contributed by atoms with Gasteiger partial charge in [-0.1, -0.05) is 170 Å². The molecule has 2 atom stereocenters. The zero-order valence-corrected chi connectivity index (χ0v) is 38.6. The summed E-state index contributed by atoms with van der Waals surface area (Å²) in [5.74, 6) is -0.354. The molecule has 8 nitrogen and oxygen atoms in total. The van der Waals surface area contributed by atoms with Crippen LogP contribution < -0.4 is 4.89 Å². The van der Waals surface area contributed by atoms with Crippen molar-refractivity contribution in [3.05, 3.63) is 85.1 Å². The second-order valence-corrected chi connectivity index (χ2v) is 17.4. The maximum atomic E-state index is 12.7. The summed E-state index contributed by atoms with van der Waals surface area (Å²) >= 11 is 0. The van der Waals surface area contributed by atoms with Gasteiger partial charge in [-0.25, -0.2) is 0 Å². The molecule has 0 amide bonds. The lowest BCUT2D eigenvalue weighted by molar-refractivity contribution is -0.870. The summed E-state index contributed by atoms with van der Waals surface area (Å²) in [7, 11) is 1.32. The number of likely N-dealkylation sites (N-methyl/N-ethyl adjacent to an activating group) is 1. The highest BCUT2D eigenvalue weighted by molar-refractivity contribution is 7.45. The van der Waals surface area contributed by atoms with E-state index in [0.29, 0.717) is 24.1 Å². The van der Waals surface area contributed by atoms with Gasteiger partial charge >= 0.3 is 5.97 Å². The Morgan fingerprint density at radius 1 is 0.552 bits per heavy atom. The molecule has 0 rings (SSSR count). The second kappa shape index (κ2) is 41.4. The van der Waals surface area contributed by atoms with Gasteiger partial charge < -0.3 is 27.9 Å². The molecule has 9 heteroatoms. The van der Waals surface area contributed by atoms with Crippen LogP contribution in [-0.4, -0.2) is 70.7 Å². The summed E-state index contributed by atoms with van der Waals surface area (Å²) in [6.07, 6.45) is 54.6. The number of carbonyl (C=O) groups is 1. The molecule has 334 valence electrons. The molecule has 0 fully saturated rings. The fourth-order valence-corrected chi connectivity index (χ4v) is 6.43. The van der Waals surface area contributed by atoms with Crippen molar-refractivity contribution in [3.63, 3.8) is 0 Å². The highest BCUT2D eigenvalue weighted by Gasteiger charge is 2.20. The lowest BCUT2D eigenvalue weighted by Gasteiger charge is -2.28. The van der Waals surface area contributed by atoms with Gasteiger partial charge in [0.25, 0.3) is 7.82 Å². The van der Waals surface area contributed by atoms with E-state index in [4.69, 9.17) is 18.5 Å². The first-order valence-electron chi connectivity index (χ1n) is 22.8. The number of ether oxygens (including phenoxy) is 2. The standard InChI is InChI=1S/C49H86NO7P/c1-6-8-10-12-14-16-18-20-21-22-23-24-25-26-27-28-29-30-31-33-35-37-39-41-44-54-46-48(47-56-58(52,53)55-45-43-50(3,4)5)57-49(51)42-40-38-36-34-32-19-17-15-13-11-9-7-2/h8,10,14,16,20-21,23-24,26-27,29-30,33,35,48H,6-7,9,11-13,15,17-19,22,25,28,31-32,34,36-47H2,1-5H3/b10-8-,16-14-,21-20-,24-23-,27-26-,30-29-,35-33-. The zero-order chi connectivity index (χ0) is 42.7. The Morgan fingerprint density at radius 3 is 1.47 bits per heavy atom. The molecule has 0 heterocycles. The SMILES string of the molecule is CC/C=C\C/C=C\C/C=C\C/C=C\C/C=C\C/C=C\C/C=C\CCCCOCC(COP(=O)([O-])OCC[N+](C)(C)C)OC(=O)CCCCCCCCCCCCCC. The van der Waals surface area contributed by atoms with Crippen LogP contribution in [0.3, 0.4) is 0 Å². The van der Waals surface area contributed by atoms with Gasteiger partial charge in [0, 0.05) is 13.0 Å². The maximum Gasteiger partial charge on any atom is 0.306 e. The van der Waals surface area contributed by atoms with Gasteiger partial charge in [0.05, 0.1) is 34.4 Å². The predicted octanol–water partition coefficient (Wildman–Crippen LogP) is 13.0. The number of nitrogens with zero attached hydrogens (tertiary/aromatic N) is 1. The average molecular weight is 832 g/mol. The Hall–Kier alpha value is -2.32. The minimum Gasteiger partial charge on any atom is -0.756 e. The van der Waals surface area contributed by atoms with Gasteiger partial charge in [-0.15, -0.1) is 0 Å². The summed E-state index contributed by atoms with van der Waals surface area (Å²) < 4.78 is 34.5. The lowest BCUT2D eigenvalue weighted by Crippen LogP contribution is -2.37. The molecule has 0 aromatic rings. The normalized spacial score (nSPS) is 14.5. The Balaban J connectivity index is 4.29. The van der Waals surface area contributed by atoms with Crippen LogP contribution in [0.25, 0.3) is 0 Å². The lowest BCUT2D eigenvalue weighted by atomic mass is 10.0. The van der Waals surface area contributed by atoms with E-state index in [1.165, 1.54) is 57.8 Å². The molecule has 0 aromatic heterocycles. The van der Waals surface area contributed by atoms with Crippen molar-refractivity contribution in [1.82, 2.24) is 0 Å². The smallest absolute Gasteiger partial charge is 0.306 e. The Kier molecular flexibility index (Phi) is 39.8. The zero-order valence-electron chi connectivity index (χ0n) is 37.7. The molecule has 0 aliphatic carbocycles. The van der Waals surface area contributed by atoms with Crippen LogP contribution in [0.5, 0.6) is 0 Å². The first-order valence-corrected chi connectivity index (χ1v) is 24.3. The number of allylic oxidation sites excluding steroid dienone is 14. The molecule has 2 unspecified atom stereocenters. The number of rotatable bonds is 41. The second-order valence-electron chi connectivity index (χ2n) is 16.0. The average Bonchev–Trinajstić information content (AvgIpc) is 3.18. The number of unbranched alkanes of at least 4 members (excludes halogenated alkanes) is 13. The van der Waals surface area contributed by atoms with E-state index in [2.05, 4.69) is 98.9 Å². The minimum absolute atomic E-state index is 0.0139. The van der Waals surface area contributed by atoms with Crippen LogP contribution in [0, 0.1) is 0 Å². The van der Waals surface area contributed by atoms with Crippen LogP contribution in [0.15, 0.2) is 85.1 Å². The van der Waals surface area contributed by atoms with E-state index in [1.807, 2.05) is 21.1 Å². The Morgan fingerprint density at radius 2 is 1.00 bits per heavy atom. The molecule has 58 heavy (non-hydrogen) atoms. The van der Waals surface area contributed by atoms with Gasteiger partial charge in [0.2, 0.25) is 0 Å². The summed E-state index contributed by atoms with van der Waals surface area (Å²) in [5, 5.41) is 0. The van der Waals surface area contributed by atoms with Gasteiger partial charge in [0.15, 0.2) is 0 Å². The fraction of sp³-hybridized carbons (Fsp3) is 0.694. The molecule has 0 aliphatic heterocycles. The first-order chi connectivity index (χ1) is 28.1. The van der Waals surface area contributed by atoms with Gasteiger partial charge in [-0.2, -0.15) is 0 Å². The third-order valence-electron chi connectivity index (χ3n) is 9.21. The quantitative estimate of drug-likeness (QED) is 0.0199. The minimum atomic E-state index is -4.54. The van der Waals surface area contributed by atoms with Crippen LogP contribution >= 0.6 is 7.82 Å². The summed E-state index contributed by atoms with van der Waals surface area (Å²) in [4.78, 5) is 25.0. The highest BCUT2D eigenvalue weighted by atomic mass is 31.2. The number of carbonyl (C=O) groups excluding carboxylic acids is 1. The van der Waals surface area contributed by atoms with Crippen molar-refractivity contribution in [2.75, 3.05) is 54.1 Å². The summed E-state index contributed by atoms with van der Waals surface area (Å²) in [6.45, 7) is 5.16. The first kappa shape index (κ1) is 55.7. The van der Waals surface area contributed by atoms with E-state index in [0.717, 1.165) is 83.5 Å². The Bertz CT molecular complexity index is 1200. The number of hydrogen-bond donors (Lipinski definition) is 0. The van der Waals surface area contributed by atoms with Crippen LogP contribution in [0.2, 0.25) is 0 Å². The molecule has 0 bridgehead atoms. The van der Waals surface area contributed by atoms with Crippen molar-refractivity contribution in [1.29, 1.82) is 0 Å². The number of esters is 1. The number of hydrogen-bond acceptors (Lipinski definition) is 7. The van der Waals surface area contributed by atoms with E-state index in [9.17, 15) is 14.3 Å². The topological polar surface area (TPSA) is 94.1 Å². The van der Waals surface area contributed by atoms with E-state index < -0.39 is 13.9 Å².